The number of benzene rings is 2. The van der Waals surface area contributed by atoms with Crippen LogP contribution in [0.3, 0.4) is 0 Å². The molecule has 3 heteroatoms. The lowest BCUT2D eigenvalue weighted by Crippen LogP contribution is -2.45. The smallest absolute Gasteiger partial charge is 0.245 e. The van der Waals surface area contributed by atoms with E-state index in [1.807, 2.05) is 17.0 Å². The molecule has 2 atom stereocenters. The molecule has 1 saturated heterocycles. The molecule has 4 rings (SSSR count). The van der Waals surface area contributed by atoms with Crippen molar-refractivity contribution in [2.45, 2.75) is 33.1 Å². The molecule has 1 amide bonds. The van der Waals surface area contributed by atoms with Gasteiger partial charge in [0.05, 0.1) is 17.9 Å². The van der Waals surface area contributed by atoms with Crippen molar-refractivity contribution in [3.05, 3.63) is 59.7 Å². The summed E-state index contributed by atoms with van der Waals surface area (Å²) in [6.07, 6.45) is 3.23. The molecule has 0 saturated carbocycles. The van der Waals surface area contributed by atoms with Gasteiger partial charge in [0, 0.05) is 13.1 Å². The molecule has 2 aromatic rings. The second-order valence-electron chi connectivity index (χ2n) is 8.13. The van der Waals surface area contributed by atoms with Gasteiger partial charge in [-0.15, -0.1) is 0 Å². The monoisotopic (exact) mass is 348 g/mol. The normalized spacial score (nSPS) is 23.1. The van der Waals surface area contributed by atoms with E-state index >= 15 is 0 Å². The molecule has 26 heavy (non-hydrogen) atoms. The molecule has 0 N–H and O–H groups in total. The van der Waals surface area contributed by atoms with Crippen molar-refractivity contribution in [3.8, 4) is 0 Å². The number of anilines is 2. The third-order valence-electron chi connectivity index (χ3n) is 5.68. The number of nitrogens with zero attached hydrogens (tertiary/aromatic N) is 2. The third-order valence-corrected chi connectivity index (χ3v) is 5.68. The Labute approximate surface area is 156 Å². The molecule has 0 radical (unpaired) electrons. The fraction of sp³-hybridized carbons (Fsp3) is 0.435. The quantitative estimate of drug-likeness (QED) is 0.802. The standard InChI is InChI=1S/C23H28N2O/c1-17-13-18(2)15-24(14-17)16-23(26)25-21-9-5-3-7-19(21)11-12-20-8-4-6-10-22(20)25/h3-10,17-18H,11-16H2,1-2H3/t17-,18-/m0/s1. The molecule has 2 heterocycles. The van der Waals surface area contributed by atoms with Gasteiger partial charge in [-0.1, -0.05) is 50.2 Å². The number of hydrogen-bond donors (Lipinski definition) is 0. The van der Waals surface area contributed by atoms with Gasteiger partial charge in [-0.2, -0.15) is 0 Å². The van der Waals surface area contributed by atoms with Gasteiger partial charge in [0.2, 0.25) is 5.91 Å². The molecule has 2 aromatic carbocycles. The number of hydrogen-bond acceptors (Lipinski definition) is 2. The number of aryl methyl sites for hydroxylation is 2. The van der Waals surface area contributed by atoms with Gasteiger partial charge in [0.1, 0.15) is 0 Å². The van der Waals surface area contributed by atoms with Crippen LogP contribution < -0.4 is 4.90 Å². The third kappa shape index (κ3) is 3.41. The van der Waals surface area contributed by atoms with Crippen molar-refractivity contribution in [3.63, 3.8) is 0 Å². The fourth-order valence-corrected chi connectivity index (χ4v) is 4.73. The molecule has 2 aliphatic rings. The minimum atomic E-state index is 0.188. The predicted octanol–water partition coefficient (Wildman–Crippen LogP) is 4.43. The van der Waals surface area contributed by atoms with Crippen molar-refractivity contribution in [2.24, 2.45) is 11.8 Å². The minimum absolute atomic E-state index is 0.188. The summed E-state index contributed by atoms with van der Waals surface area (Å²) in [7, 11) is 0. The first-order valence-corrected chi connectivity index (χ1v) is 9.83. The number of para-hydroxylation sites is 2. The molecule has 1 fully saturated rings. The van der Waals surface area contributed by atoms with Crippen molar-refractivity contribution in [1.29, 1.82) is 0 Å². The lowest BCUT2D eigenvalue weighted by Gasteiger charge is -2.36. The zero-order valence-corrected chi connectivity index (χ0v) is 15.8. The second kappa shape index (κ2) is 7.24. The zero-order chi connectivity index (χ0) is 18.1. The lowest BCUT2D eigenvalue weighted by atomic mass is 9.92. The van der Waals surface area contributed by atoms with Gasteiger partial charge in [-0.05, 0) is 54.4 Å². The van der Waals surface area contributed by atoms with Gasteiger partial charge in [0.15, 0.2) is 0 Å². The summed E-state index contributed by atoms with van der Waals surface area (Å²) in [4.78, 5) is 17.8. The van der Waals surface area contributed by atoms with Crippen LogP contribution >= 0.6 is 0 Å². The van der Waals surface area contributed by atoms with E-state index in [9.17, 15) is 4.79 Å². The van der Waals surface area contributed by atoms with Crippen molar-refractivity contribution < 1.29 is 4.79 Å². The maximum atomic E-state index is 13.4. The number of carbonyl (C=O) groups excluding carboxylic acids is 1. The SMILES string of the molecule is C[C@H]1C[C@H](C)CN(CC(=O)N2c3ccccc3CCc3ccccc32)C1. The Kier molecular flexibility index (Phi) is 4.82. The average molecular weight is 348 g/mol. The van der Waals surface area contributed by atoms with Gasteiger partial charge < -0.3 is 0 Å². The molecule has 0 bridgehead atoms. The average Bonchev–Trinajstić information content (AvgIpc) is 2.77. The van der Waals surface area contributed by atoms with E-state index in [0.717, 1.165) is 37.3 Å². The minimum Gasteiger partial charge on any atom is -0.294 e. The molecule has 136 valence electrons. The van der Waals surface area contributed by atoms with Crippen LogP contribution in [0, 0.1) is 11.8 Å². The van der Waals surface area contributed by atoms with E-state index in [0.29, 0.717) is 18.4 Å². The summed E-state index contributed by atoms with van der Waals surface area (Å²) >= 11 is 0. The van der Waals surface area contributed by atoms with Crippen LogP contribution in [0.1, 0.15) is 31.4 Å². The molecular weight excluding hydrogens is 320 g/mol. The summed E-state index contributed by atoms with van der Waals surface area (Å²) in [6.45, 7) is 7.13. The summed E-state index contributed by atoms with van der Waals surface area (Å²) in [5.74, 6) is 1.51. The first-order valence-electron chi connectivity index (χ1n) is 9.83. The summed E-state index contributed by atoms with van der Waals surface area (Å²) in [6, 6.07) is 16.7. The highest BCUT2D eigenvalue weighted by Gasteiger charge is 2.29. The maximum absolute atomic E-state index is 13.4. The number of rotatable bonds is 2. The molecule has 0 unspecified atom stereocenters. The topological polar surface area (TPSA) is 23.6 Å². The van der Waals surface area contributed by atoms with Gasteiger partial charge in [-0.3, -0.25) is 14.6 Å². The van der Waals surface area contributed by atoms with Crippen LogP contribution in [0.5, 0.6) is 0 Å². The highest BCUT2D eigenvalue weighted by Crippen LogP contribution is 2.36. The maximum Gasteiger partial charge on any atom is 0.245 e. The molecule has 0 spiro atoms. The predicted molar refractivity (Wildman–Crippen MR) is 107 cm³/mol. The van der Waals surface area contributed by atoms with E-state index in [1.165, 1.54) is 17.5 Å². The number of fused-ring (bicyclic) bond motifs is 2. The van der Waals surface area contributed by atoms with E-state index in [1.54, 1.807) is 0 Å². The van der Waals surface area contributed by atoms with Crippen LogP contribution in [-0.2, 0) is 17.6 Å². The molecule has 2 aliphatic heterocycles. The van der Waals surface area contributed by atoms with Crippen LogP contribution in [0.15, 0.2) is 48.5 Å². The Bertz CT molecular complexity index is 743. The Hall–Kier alpha value is -2.13. The van der Waals surface area contributed by atoms with Gasteiger partial charge in [-0.25, -0.2) is 0 Å². The van der Waals surface area contributed by atoms with Gasteiger partial charge >= 0.3 is 0 Å². The zero-order valence-electron chi connectivity index (χ0n) is 15.8. The Morgan fingerprint density at radius 3 is 1.92 bits per heavy atom. The molecule has 0 aliphatic carbocycles. The largest absolute Gasteiger partial charge is 0.294 e. The lowest BCUT2D eigenvalue weighted by molar-refractivity contribution is -0.119. The van der Waals surface area contributed by atoms with E-state index in [2.05, 4.69) is 55.1 Å². The van der Waals surface area contributed by atoms with Crippen molar-refractivity contribution in [2.75, 3.05) is 24.5 Å². The van der Waals surface area contributed by atoms with Gasteiger partial charge in [0.25, 0.3) is 0 Å². The highest BCUT2D eigenvalue weighted by atomic mass is 16.2. The Balaban J connectivity index is 1.67. The molecular formula is C23H28N2O. The number of piperidine rings is 1. The first-order chi connectivity index (χ1) is 12.6. The first kappa shape index (κ1) is 17.3. The second-order valence-corrected chi connectivity index (χ2v) is 8.13. The molecule has 3 nitrogen and oxygen atoms in total. The van der Waals surface area contributed by atoms with Crippen molar-refractivity contribution in [1.82, 2.24) is 4.90 Å². The Morgan fingerprint density at radius 2 is 1.38 bits per heavy atom. The highest BCUT2D eigenvalue weighted by molar-refractivity contribution is 6.03. The number of amides is 1. The van der Waals surface area contributed by atoms with E-state index < -0.39 is 0 Å². The van der Waals surface area contributed by atoms with Crippen LogP contribution in [0.2, 0.25) is 0 Å². The summed E-state index contributed by atoms with van der Waals surface area (Å²) in [5.41, 5.74) is 4.64. The Morgan fingerprint density at radius 1 is 0.885 bits per heavy atom. The van der Waals surface area contributed by atoms with Crippen LogP contribution in [0.25, 0.3) is 0 Å². The molecule has 0 aromatic heterocycles. The summed E-state index contributed by atoms with van der Waals surface area (Å²) < 4.78 is 0. The van der Waals surface area contributed by atoms with Crippen LogP contribution in [-0.4, -0.2) is 30.4 Å². The van der Waals surface area contributed by atoms with Crippen molar-refractivity contribution >= 4 is 17.3 Å². The van der Waals surface area contributed by atoms with Crippen LogP contribution in [0.4, 0.5) is 11.4 Å². The number of carbonyl (C=O) groups is 1. The number of likely N-dealkylation sites (tertiary alicyclic amines) is 1. The van der Waals surface area contributed by atoms with E-state index in [-0.39, 0.29) is 5.91 Å². The summed E-state index contributed by atoms with van der Waals surface area (Å²) in [5, 5.41) is 0. The fourth-order valence-electron chi connectivity index (χ4n) is 4.73. The van der Waals surface area contributed by atoms with E-state index in [4.69, 9.17) is 0 Å².